The third-order valence-corrected chi connectivity index (χ3v) is 6.81. The van der Waals surface area contributed by atoms with Gasteiger partial charge in [0.1, 0.15) is 5.56 Å². The molecule has 3 aromatic carbocycles. The number of nitrogens with zero attached hydrogens (tertiary/aromatic N) is 5. The molecule has 0 atom stereocenters. The molecule has 1 aromatic heterocycles. The van der Waals surface area contributed by atoms with Crippen LogP contribution in [0.15, 0.2) is 75.0 Å². The molecule has 0 bridgehead atoms. The van der Waals surface area contributed by atoms with E-state index in [9.17, 15) is 35.1 Å². The van der Waals surface area contributed by atoms with E-state index in [-0.39, 0.29) is 27.5 Å². The van der Waals surface area contributed by atoms with Gasteiger partial charge in [0.25, 0.3) is 23.0 Å². The molecule has 1 N–H and O–H groups in total. The predicted molar refractivity (Wildman–Crippen MR) is 132 cm³/mol. The van der Waals surface area contributed by atoms with Gasteiger partial charge in [-0.1, -0.05) is 30.0 Å². The van der Waals surface area contributed by atoms with E-state index in [1.165, 1.54) is 78.2 Å². The first-order valence-electron chi connectivity index (χ1n) is 9.81. The van der Waals surface area contributed by atoms with E-state index in [2.05, 4.69) is 15.5 Å². The van der Waals surface area contributed by atoms with Crippen molar-refractivity contribution >= 4 is 62.5 Å². The summed E-state index contributed by atoms with van der Waals surface area (Å²) in [5.41, 5.74) is 2.12. The summed E-state index contributed by atoms with van der Waals surface area (Å²) in [6.45, 7) is 0. The van der Waals surface area contributed by atoms with Crippen LogP contribution in [0.4, 0.5) is 17.1 Å². The zero-order chi connectivity index (χ0) is 25.8. The SMILES string of the molecule is O=C(N/N=C\c1ccc(Sc2nc3ccc([N+](=O)[O-])cc3s2)c([N+](=O)[O-])c1)c1ccccc1[N+](=O)[O-]. The van der Waals surface area contributed by atoms with Gasteiger partial charge in [0.15, 0.2) is 4.34 Å². The summed E-state index contributed by atoms with van der Waals surface area (Å²) in [7, 11) is 0. The Hall–Kier alpha value is -4.76. The van der Waals surface area contributed by atoms with Crippen molar-refractivity contribution in [3.8, 4) is 0 Å². The molecule has 0 radical (unpaired) electrons. The molecule has 4 aromatic rings. The number of hydrazone groups is 1. The first kappa shape index (κ1) is 24.4. The molecular weight excluding hydrogens is 512 g/mol. The molecule has 36 heavy (non-hydrogen) atoms. The number of rotatable bonds is 8. The molecule has 4 rings (SSSR count). The van der Waals surface area contributed by atoms with Crippen molar-refractivity contribution in [2.45, 2.75) is 9.24 Å². The fraction of sp³-hybridized carbons (Fsp3) is 0. The second-order valence-corrected chi connectivity index (χ2v) is 9.27. The summed E-state index contributed by atoms with van der Waals surface area (Å²) in [6, 6.07) is 13.9. The first-order chi connectivity index (χ1) is 17.2. The molecule has 0 fully saturated rings. The smallest absolute Gasteiger partial charge is 0.267 e. The van der Waals surface area contributed by atoms with Gasteiger partial charge < -0.3 is 0 Å². The number of fused-ring (bicyclic) bond motifs is 1. The van der Waals surface area contributed by atoms with Crippen molar-refractivity contribution in [2.24, 2.45) is 5.10 Å². The van der Waals surface area contributed by atoms with E-state index in [1.54, 1.807) is 0 Å². The Morgan fingerprint density at radius 3 is 2.42 bits per heavy atom. The molecule has 1 heterocycles. The van der Waals surface area contributed by atoms with Crippen molar-refractivity contribution in [1.82, 2.24) is 10.4 Å². The highest BCUT2D eigenvalue weighted by molar-refractivity contribution is 8.01. The Balaban J connectivity index is 1.52. The number of benzene rings is 3. The highest BCUT2D eigenvalue weighted by Gasteiger charge is 2.20. The van der Waals surface area contributed by atoms with E-state index in [0.717, 1.165) is 11.8 Å². The lowest BCUT2D eigenvalue weighted by molar-refractivity contribution is -0.387. The maximum absolute atomic E-state index is 12.2. The number of aromatic nitrogens is 1. The maximum atomic E-state index is 12.2. The number of amides is 1. The molecule has 180 valence electrons. The first-order valence-corrected chi connectivity index (χ1v) is 11.4. The summed E-state index contributed by atoms with van der Waals surface area (Å²) in [5, 5.41) is 37.4. The van der Waals surface area contributed by atoms with Crippen LogP contribution in [0.2, 0.25) is 0 Å². The minimum Gasteiger partial charge on any atom is -0.267 e. The molecule has 13 nitrogen and oxygen atoms in total. The zero-order valence-corrected chi connectivity index (χ0v) is 19.4. The maximum Gasteiger partial charge on any atom is 0.283 e. The number of non-ortho nitro benzene ring substituents is 1. The van der Waals surface area contributed by atoms with Crippen LogP contribution < -0.4 is 5.43 Å². The third-order valence-electron chi connectivity index (χ3n) is 4.67. The topological polar surface area (TPSA) is 184 Å². The Morgan fingerprint density at radius 1 is 0.944 bits per heavy atom. The summed E-state index contributed by atoms with van der Waals surface area (Å²) >= 11 is 2.21. The van der Waals surface area contributed by atoms with Crippen LogP contribution in [0.5, 0.6) is 0 Å². The van der Waals surface area contributed by atoms with Gasteiger partial charge in [-0.3, -0.25) is 35.1 Å². The number of hydrogen-bond acceptors (Lipinski definition) is 11. The number of nitrogens with one attached hydrogen (secondary N) is 1. The number of nitro groups is 3. The van der Waals surface area contributed by atoms with E-state index >= 15 is 0 Å². The van der Waals surface area contributed by atoms with Crippen molar-refractivity contribution < 1.29 is 19.6 Å². The van der Waals surface area contributed by atoms with Gasteiger partial charge in [-0.05, 0) is 18.2 Å². The van der Waals surface area contributed by atoms with Crippen LogP contribution in [0.25, 0.3) is 10.2 Å². The monoisotopic (exact) mass is 524 g/mol. The number of thiazole rings is 1. The van der Waals surface area contributed by atoms with E-state index in [4.69, 9.17) is 0 Å². The lowest BCUT2D eigenvalue weighted by Crippen LogP contribution is -2.18. The minimum atomic E-state index is -0.809. The van der Waals surface area contributed by atoms with Crippen LogP contribution in [0, 0.1) is 30.3 Å². The Kier molecular flexibility index (Phi) is 6.93. The lowest BCUT2D eigenvalue weighted by atomic mass is 10.2. The molecule has 0 unspecified atom stereocenters. The van der Waals surface area contributed by atoms with Crippen LogP contribution >= 0.6 is 23.1 Å². The van der Waals surface area contributed by atoms with Crippen LogP contribution in [0.1, 0.15) is 15.9 Å². The number of carbonyl (C=O) groups is 1. The van der Waals surface area contributed by atoms with Crippen molar-refractivity contribution in [3.05, 3.63) is 102 Å². The van der Waals surface area contributed by atoms with Gasteiger partial charge in [-0.15, -0.1) is 11.3 Å². The standard InChI is InChI=1S/C21H12N6O7S2/c28-20(14-3-1-2-4-16(14)26(31)32)24-22-11-12-5-8-18(17(9-12)27(33)34)35-21-23-15-7-6-13(25(29)30)10-19(15)36-21/h1-11H,(H,24,28)/b22-11-. The van der Waals surface area contributed by atoms with Crippen LogP contribution in [0.3, 0.4) is 0 Å². The van der Waals surface area contributed by atoms with Gasteiger partial charge in [0.05, 0.1) is 36.1 Å². The molecule has 0 spiro atoms. The number of carbonyl (C=O) groups excluding carboxylic acids is 1. The van der Waals surface area contributed by atoms with Gasteiger partial charge in [-0.2, -0.15) is 5.10 Å². The number of para-hydroxylation sites is 1. The molecule has 0 saturated heterocycles. The second-order valence-electron chi connectivity index (χ2n) is 6.95. The molecule has 0 saturated carbocycles. The Bertz CT molecular complexity index is 1570. The molecule has 1 amide bonds. The highest BCUT2D eigenvalue weighted by atomic mass is 32.2. The molecule has 15 heteroatoms. The number of nitro benzene ring substituents is 3. The highest BCUT2D eigenvalue weighted by Crippen LogP contribution is 2.39. The quantitative estimate of drug-likeness (QED) is 0.189. The fourth-order valence-corrected chi connectivity index (χ4v) is 5.18. The molecule has 0 aliphatic heterocycles. The van der Waals surface area contributed by atoms with E-state index < -0.39 is 20.7 Å². The normalized spacial score (nSPS) is 11.0. The van der Waals surface area contributed by atoms with Crippen molar-refractivity contribution in [1.29, 1.82) is 0 Å². The average molecular weight is 524 g/mol. The summed E-state index contributed by atoms with van der Waals surface area (Å²) in [5.74, 6) is -0.809. The largest absolute Gasteiger partial charge is 0.283 e. The lowest BCUT2D eigenvalue weighted by Gasteiger charge is -2.03. The predicted octanol–water partition coefficient (Wildman–Crippen LogP) is 4.94. The van der Waals surface area contributed by atoms with Gasteiger partial charge in [0.2, 0.25) is 0 Å². The van der Waals surface area contributed by atoms with E-state index in [1.807, 2.05) is 0 Å². The van der Waals surface area contributed by atoms with Crippen molar-refractivity contribution in [3.63, 3.8) is 0 Å². The minimum absolute atomic E-state index is 0.0775. The number of hydrogen-bond donors (Lipinski definition) is 1. The fourth-order valence-electron chi connectivity index (χ4n) is 3.04. The summed E-state index contributed by atoms with van der Waals surface area (Å²) in [4.78, 5) is 48.8. The molecule has 0 aliphatic rings. The summed E-state index contributed by atoms with van der Waals surface area (Å²) < 4.78 is 1.04. The molecule has 0 aliphatic carbocycles. The Morgan fingerprint density at radius 2 is 1.69 bits per heavy atom. The zero-order valence-electron chi connectivity index (χ0n) is 17.8. The summed E-state index contributed by atoms with van der Waals surface area (Å²) in [6.07, 6.45) is 1.17. The second kappa shape index (κ2) is 10.2. The van der Waals surface area contributed by atoms with Crippen LogP contribution in [-0.4, -0.2) is 31.9 Å². The van der Waals surface area contributed by atoms with Crippen molar-refractivity contribution in [2.75, 3.05) is 0 Å². The molecular formula is C21H12N6O7S2. The van der Waals surface area contributed by atoms with E-state index in [0.29, 0.717) is 20.1 Å². The van der Waals surface area contributed by atoms with Gasteiger partial charge >= 0.3 is 0 Å². The average Bonchev–Trinajstić information content (AvgIpc) is 3.26. The van der Waals surface area contributed by atoms with Gasteiger partial charge in [0, 0.05) is 29.8 Å². The third kappa shape index (κ3) is 5.31. The Labute approximate surface area is 208 Å². The van der Waals surface area contributed by atoms with Crippen LogP contribution in [-0.2, 0) is 0 Å². The van der Waals surface area contributed by atoms with Gasteiger partial charge in [-0.25, -0.2) is 10.4 Å².